The number of aromatic nitrogens is 1. The average Bonchev–Trinajstić information content (AvgIpc) is 3.50. The summed E-state index contributed by atoms with van der Waals surface area (Å²) in [5.74, 6) is 0.184. The summed E-state index contributed by atoms with van der Waals surface area (Å²) >= 11 is 4.34. The second kappa shape index (κ2) is 9.68. The molecular weight excluding hydrogens is 434 g/mol. The highest BCUT2D eigenvalue weighted by atomic mass is 32.2. The Morgan fingerprint density at radius 2 is 1.83 bits per heavy atom. The predicted molar refractivity (Wildman–Crippen MR) is 126 cm³/mol. The lowest BCUT2D eigenvalue weighted by molar-refractivity contribution is -0.118. The van der Waals surface area contributed by atoms with Crippen molar-refractivity contribution < 1.29 is 9.59 Å². The minimum absolute atomic E-state index is 0.0263. The van der Waals surface area contributed by atoms with E-state index in [1.807, 2.05) is 60.9 Å². The van der Waals surface area contributed by atoms with Gasteiger partial charge in [0, 0.05) is 16.5 Å². The Kier molecular flexibility index (Phi) is 6.76. The van der Waals surface area contributed by atoms with E-state index in [1.165, 1.54) is 34.9 Å². The van der Waals surface area contributed by atoms with Crippen LogP contribution in [0.25, 0.3) is 11.3 Å². The van der Waals surface area contributed by atoms with E-state index in [0.717, 1.165) is 33.3 Å². The molecule has 1 aromatic heterocycles. The van der Waals surface area contributed by atoms with Crippen molar-refractivity contribution >= 4 is 51.7 Å². The van der Waals surface area contributed by atoms with Crippen molar-refractivity contribution in [1.29, 1.82) is 0 Å². The van der Waals surface area contributed by atoms with Crippen LogP contribution in [-0.4, -0.2) is 34.8 Å². The molecule has 8 heteroatoms. The normalized spacial score (nSPS) is 13.1. The second-order valence-corrected chi connectivity index (χ2v) is 9.88. The van der Waals surface area contributed by atoms with E-state index in [-0.39, 0.29) is 11.8 Å². The topological polar surface area (TPSA) is 71.1 Å². The summed E-state index contributed by atoms with van der Waals surface area (Å²) in [6, 6.07) is 17.7. The molecule has 0 atom stereocenters. The van der Waals surface area contributed by atoms with Gasteiger partial charge in [0.15, 0.2) is 4.34 Å². The Labute approximate surface area is 188 Å². The van der Waals surface area contributed by atoms with Crippen LogP contribution in [0.5, 0.6) is 0 Å². The highest BCUT2D eigenvalue weighted by Crippen LogP contribution is 2.38. The predicted octanol–water partition coefficient (Wildman–Crippen LogP) is 5.16. The Balaban J connectivity index is 1.56. The molecule has 0 saturated heterocycles. The number of nitrogens with zero attached hydrogens (tertiary/aromatic N) is 1. The summed E-state index contributed by atoms with van der Waals surface area (Å²) in [5.41, 5.74) is 2.28. The van der Waals surface area contributed by atoms with Crippen molar-refractivity contribution in [3.63, 3.8) is 0 Å². The molecule has 1 aliphatic rings. The number of benzene rings is 2. The van der Waals surface area contributed by atoms with Crippen molar-refractivity contribution in [3.05, 3.63) is 60.2 Å². The number of thioether (sulfide) groups is 2. The van der Waals surface area contributed by atoms with Gasteiger partial charge in [0.25, 0.3) is 5.91 Å². The van der Waals surface area contributed by atoms with E-state index in [1.54, 1.807) is 0 Å². The van der Waals surface area contributed by atoms with Crippen molar-refractivity contribution in [2.45, 2.75) is 28.1 Å². The minimum atomic E-state index is -0.163. The molecule has 1 heterocycles. The van der Waals surface area contributed by atoms with Crippen LogP contribution in [0.15, 0.2) is 63.8 Å². The molecule has 1 aliphatic carbocycles. The first kappa shape index (κ1) is 21.0. The molecule has 5 nitrogen and oxygen atoms in total. The molecule has 4 rings (SSSR count). The largest absolute Gasteiger partial charge is 0.353 e. The number of amides is 2. The van der Waals surface area contributed by atoms with Gasteiger partial charge in [-0.1, -0.05) is 65.6 Å². The number of anilines is 1. The summed E-state index contributed by atoms with van der Waals surface area (Å²) in [6.07, 6.45) is 4.09. The van der Waals surface area contributed by atoms with Crippen LogP contribution in [0, 0.1) is 0 Å². The van der Waals surface area contributed by atoms with Crippen LogP contribution in [-0.2, 0) is 4.79 Å². The number of nitrogens with one attached hydrogen (secondary N) is 2. The first-order chi connectivity index (χ1) is 14.6. The molecule has 0 unspecified atom stereocenters. The maximum absolute atomic E-state index is 13.0. The van der Waals surface area contributed by atoms with E-state index in [9.17, 15) is 9.59 Å². The van der Waals surface area contributed by atoms with E-state index in [4.69, 9.17) is 4.98 Å². The summed E-state index contributed by atoms with van der Waals surface area (Å²) in [5, 5.41) is 6.72. The fourth-order valence-electron chi connectivity index (χ4n) is 2.87. The molecule has 2 N–H and O–H groups in total. The van der Waals surface area contributed by atoms with Crippen LogP contribution in [0.2, 0.25) is 0 Å². The molecule has 0 radical (unpaired) electrons. The van der Waals surface area contributed by atoms with Gasteiger partial charge < -0.3 is 10.6 Å². The molecule has 1 saturated carbocycles. The number of hydrogen-bond donors (Lipinski definition) is 2. The fraction of sp³-hybridized carbons (Fsp3) is 0.227. The molecule has 3 aromatic rings. The SMILES string of the molecule is CSc1ccccc1C(=O)Nc1sc(SCC(=O)NC2CC2)nc1-c1ccccc1. The van der Waals surface area contributed by atoms with Gasteiger partial charge in [0.2, 0.25) is 5.91 Å². The third kappa shape index (κ3) is 5.24. The zero-order valence-electron chi connectivity index (χ0n) is 16.4. The van der Waals surface area contributed by atoms with E-state index >= 15 is 0 Å². The van der Waals surface area contributed by atoms with E-state index < -0.39 is 0 Å². The Bertz CT molecular complexity index is 1050. The Hall–Kier alpha value is -2.29. The molecule has 30 heavy (non-hydrogen) atoms. The summed E-state index contributed by atoms with van der Waals surface area (Å²) in [6.45, 7) is 0. The molecule has 2 aromatic carbocycles. The minimum Gasteiger partial charge on any atom is -0.353 e. The highest BCUT2D eigenvalue weighted by Gasteiger charge is 2.24. The lowest BCUT2D eigenvalue weighted by atomic mass is 10.1. The number of thiazole rings is 1. The molecule has 0 aliphatic heterocycles. The van der Waals surface area contributed by atoms with Crippen molar-refractivity contribution in [2.24, 2.45) is 0 Å². The zero-order chi connectivity index (χ0) is 20.9. The van der Waals surface area contributed by atoms with Gasteiger partial charge in [-0.3, -0.25) is 9.59 Å². The van der Waals surface area contributed by atoms with Gasteiger partial charge in [-0.25, -0.2) is 4.98 Å². The van der Waals surface area contributed by atoms with Gasteiger partial charge in [0.05, 0.1) is 11.3 Å². The number of hydrogen-bond acceptors (Lipinski definition) is 6. The monoisotopic (exact) mass is 455 g/mol. The van der Waals surface area contributed by atoms with Crippen LogP contribution in [0.3, 0.4) is 0 Å². The lowest BCUT2D eigenvalue weighted by Crippen LogP contribution is -2.26. The van der Waals surface area contributed by atoms with Crippen molar-refractivity contribution in [3.8, 4) is 11.3 Å². The summed E-state index contributed by atoms with van der Waals surface area (Å²) < 4.78 is 0.758. The number of carbonyl (C=O) groups excluding carboxylic acids is 2. The van der Waals surface area contributed by atoms with Crippen LogP contribution in [0.4, 0.5) is 5.00 Å². The molecule has 0 spiro atoms. The maximum atomic E-state index is 13.0. The fourth-order valence-corrected chi connectivity index (χ4v) is 5.33. The van der Waals surface area contributed by atoms with Crippen LogP contribution in [0.1, 0.15) is 23.2 Å². The maximum Gasteiger partial charge on any atom is 0.257 e. The zero-order valence-corrected chi connectivity index (χ0v) is 18.8. The first-order valence-corrected chi connectivity index (χ1v) is 12.6. The summed E-state index contributed by atoms with van der Waals surface area (Å²) in [4.78, 5) is 30.6. The molecule has 2 amide bonds. The third-order valence-corrected chi connectivity index (χ3v) is 7.41. The van der Waals surface area contributed by atoms with Crippen LogP contribution >= 0.6 is 34.9 Å². The molecule has 154 valence electrons. The van der Waals surface area contributed by atoms with Gasteiger partial charge in [0.1, 0.15) is 10.7 Å². The van der Waals surface area contributed by atoms with Gasteiger partial charge in [-0.05, 0) is 31.2 Å². The Morgan fingerprint density at radius 1 is 1.10 bits per heavy atom. The molecule has 1 fully saturated rings. The van der Waals surface area contributed by atoms with E-state index in [0.29, 0.717) is 22.4 Å². The van der Waals surface area contributed by atoms with Crippen LogP contribution < -0.4 is 10.6 Å². The highest BCUT2D eigenvalue weighted by molar-refractivity contribution is 8.01. The number of carbonyl (C=O) groups is 2. The standard InChI is InChI=1S/C22H21N3O2S3/c1-28-17-10-6-5-9-16(17)20(27)25-21-19(14-7-3-2-4-8-14)24-22(30-21)29-13-18(26)23-15-11-12-15/h2-10,15H,11-13H2,1H3,(H,23,26)(H,25,27). The summed E-state index contributed by atoms with van der Waals surface area (Å²) in [7, 11) is 0. The van der Waals surface area contributed by atoms with E-state index in [2.05, 4.69) is 10.6 Å². The quantitative estimate of drug-likeness (QED) is 0.460. The Morgan fingerprint density at radius 3 is 2.57 bits per heavy atom. The second-order valence-electron chi connectivity index (χ2n) is 6.81. The smallest absolute Gasteiger partial charge is 0.257 e. The van der Waals surface area contributed by atoms with Gasteiger partial charge in [-0.2, -0.15) is 0 Å². The number of rotatable bonds is 8. The van der Waals surface area contributed by atoms with Crippen molar-refractivity contribution in [2.75, 3.05) is 17.3 Å². The molecular formula is C22H21N3O2S3. The van der Waals surface area contributed by atoms with Crippen molar-refractivity contribution in [1.82, 2.24) is 10.3 Å². The molecule has 0 bridgehead atoms. The van der Waals surface area contributed by atoms with Gasteiger partial charge in [-0.15, -0.1) is 11.8 Å². The first-order valence-electron chi connectivity index (χ1n) is 9.57. The lowest BCUT2D eigenvalue weighted by Gasteiger charge is -2.08. The third-order valence-electron chi connectivity index (χ3n) is 4.50. The average molecular weight is 456 g/mol. The van der Waals surface area contributed by atoms with Gasteiger partial charge >= 0.3 is 0 Å².